The van der Waals surface area contributed by atoms with Gasteiger partial charge in [0.05, 0.1) is 12.2 Å². The molecular weight excluding hydrogens is 394 g/mol. The van der Waals surface area contributed by atoms with Crippen molar-refractivity contribution in [2.75, 3.05) is 13.1 Å². The number of hydrogen-bond donors (Lipinski definition) is 3. The number of nitrogens with zero attached hydrogens (tertiary/aromatic N) is 3. The van der Waals surface area contributed by atoms with Crippen LogP contribution in [0.4, 0.5) is 0 Å². The number of aliphatic hydroxyl groups excluding tert-OH is 1. The highest BCUT2D eigenvalue weighted by atomic mass is 32.1. The summed E-state index contributed by atoms with van der Waals surface area (Å²) in [6, 6.07) is 20.2. The molecule has 0 aliphatic heterocycles. The normalized spacial score (nSPS) is 12.8. The van der Waals surface area contributed by atoms with E-state index in [1.165, 1.54) is 4.70 Å². The quantitative estimate of drug-likeness (QED) is 0.314. The standard InChI is InChI=1S/C23H25N5OS/c1-2-24-23(25-15-18-9-3-5-10-19(18)28-13-7-12-27-28)26-16-20(29)22-14-17-8-4-6-11-21(17)30-22/h3-14,20,29H,2,15-16H2,1H3,(H2,24,25,26). The third-order valence-electron chi connectivity index (χ3n) is 4.73. The van der Waals surface area contributed by atoms with E-state index in [1.54, 1.807) is 17.5 Å². The Balaban J connectivity index is 1.44. The summed E-state index contributed by atoms with van der Waals surface area (Å²) in [5.74, 6) is 0.674. The number of aliphatic hydroxyl groups is 1. The molecule has 0 aliphatic rings. The van der Waals surface area contributed by atoms with Crippen LogP contribution in [0.15, 0.2) is 78.0 Å². The van der Waals surface area contributed by atoms with Gasteiger partial charge in [-0.25, -0.2) is 9.67 Å². The van der Waals surface area contributed by atoms with Crippen molar-refractivity contribution in [1.29, 1.82) is 0 Å². The van der Waals surface area contributed by atoms with Crippen molar-refractivity contribution in [2.45, 2.75) is 19.6 Å². The average Bonchev–Trinajstić information content (AvgIpc) is 3.45. The van der Waals surface area contributed by atoms with E-state index in [2.05, 4.69) is 40.0 Å². The van der Waals surface area contributed by atoms with Gasteiger partial charge in [-0.15, -0.1) is 11.3 Å². The van der Waals surface area contributed by atoms with E-state index in [1.807, 2.05) is 54.2 Å². The van der Waals surface area contributed by atoms with Crippen LogP contribution in [0.3, 0.4) is 0 Å². The van der Waals surface area contributed by atoms with Gasteiger partial charge in [0.1, 0.15) is 6.10 Å². The van der Waals surface area contributed by atoms with Gasteiger partial charge in [0.15, 0.2) is 5.96 Å². The number of para-hydroxylation sites is 1. The molecule has 0 aliphatic carbocycles. The first-order chi connectivity index (χ1) is 14.7. The minimum atomic E-state index is -0.595. The second kappa shape index (κ2) is 9.56. The lowest BCUT2D eigenvalue weighted by molar-refractivity contribution is 0.184. The Kier molecular flexibility index (Phi) is 6.41. The van der Waals surface area contributed by atoms with Crippen LogP contribution in [0, 0.1) is 0 Å². The molecule has 0 bridgehead atoms. The first-order valence-electron chi connectivity index (χ1n) is 10.0. The van der Waals surface area contributed by atoms with Gasteiger partial charge in [0.2, 0.25) is 0 Å². The Morgan fingerprint density at radius 2 is 1.97 bits per heavy atom. The molecule has 0 spiro atoms. The Bertz CT molecular complexity index is 1090. The molecule has 0 saturated heterocycles. The van der Waals surface area contributed by atoms with Gasteiger partial charge in [0, 0.05) is 35.1 Å². The molecule has 6 nitrogen and oxygen atoms in total. The summed E-state index contributed by atoms with van der Waals surface area (Å²) in [5.41, 5.74) is 2.08. The maximum Gasteiger partial charge on any atom is 0.191 e. The van der Waals surface area contributed by atoms with Crippen molar-refractivity contribution in [3.8, 4) is 5.69 Å². The molecule has 2 heterocycles. The predicted molar refractivity (Wildman–Crippen MR) is 123 cm³/mol. The fourth-order valence-electron chi connectivity index (χ4n) is 3.25. The van der Waals surface area contributed by atoms with Crippen molar-refractivity contribution in [1.82, 2.24) is 20.4 Å². The molecule has 0 amide bonds. The lowest BCUT2D eigenvalue weighted by Crippen LogP contribution is -2.39. The molecule has 0 saturated carbocycles. The van der Waals surface area contributed by atoms with Crippen LogP contribution in [-0.2, 0) is 6.54 Å². The highest BCUT2D eigenvalue weighted by Gasteiger charge is 2.12. The number of thiophene rings is 1. The van der Waals surface area contributed by atoms with Gasteiger partial charge in [-0.2, -0.15) is 5.10 Å². The van der Waals surface area contributed by atoms with Crippen LogP contribution < -0.4 is 10.6 Å². The Labute approximate surface area is 179 Å². The van der Waals surface area contributed by atoms with Gasteiger partial charge in [-0.1, -0.05) is 36.4 Å². The second-order valence-corrected chi connectivity index (χ2v) is 7.97. The van der Waals surface area contributed by atoms with Crippen molar-refractivity contribution >= 4 is 27.4 Å². The molecule has 2 aromatic carbocycles. The van der Waals surface area contributed by atoms with E-state index in [0.717, 1.165) is 28.1 Å². The summed E-state index contributed by atoms with van der Waals surface area (Å²) in [7, 11) is 0. The Morgan fingerprint density at radius 3 is 2.77 bits per heavy atom. The maximum absolute atomic E-state index is 10.6. The molecule has 4 rings (SSSR count). The number of nitrogens with one attached hydrogen (secondary N) is 2. The monoisotopic (exact) mass is 419 g/mol. The van der Waals surface area contributed by atoms with E-state index >= 15 is 0 Å². The summed E-state index contributed by atoms with van der Waals surface area (Å²) < 4.78 is 3.03. The van der Waals surface area contributed by atoms with E-state index in [9.17, 15) is 5.11 Å². The zero-order valence-electron chi connectivity index (χ0n) is 16.8. The third-order valence-corrected chi connectivity index (χ3v) is 5.95. The fourth-order valence-corrected chi connectivity index (χ4v) is 4.30. The molecule has 0 fully saturated rings. The van der Waals surface area contributed by atoms with E-state index in [4.69, 9.17) is 4.99 Å². The summed E-state index contributed by atoms with van der Waals surface area (Å²) >= 11 is 1.62. The molecule has 2 aromatic heterocycles. The number of guanidine groups is 1. The number of aromatic nitrogens is 2. The molecular formula is C23H25N5OS. The number of benzene rings is 2. The molecule has 154 valence electrons. The van der Waals surface area contributed by atoms with Crippen LogP contribution >= 0.6 is 11.3 Å². The van der Waals surface area contributed by atoms with Crippen molar-refractivity contribution in [3.05, 3.63) is 83.5 Å². The summed E-state index contributed by atoms with van der Waals surface area (Å²) in [6.07, 6.45) is 3.09. The van der Waals surface area contributed by atoms with E-state index in [-0.39, 0.29) is 0 Å². The van der Waals surface area contributed by atoms with Gasteiger partial charge in [-0.3, -0.25) is 0 Å². The fraction of sp³-hybridized carbons (Fsp3) is 0.217. The van der Waals surface area contributed by atoms with Gasteiger partial charge < -0.3 is 15.7 Å². The van der Waals surface area contributed by atoms with Crippen molar-refractivity contribution in [3.63, 3.8) is 0 Å². The second-order valence-electron chi connectivity index (χ2n) is 6.86. The predicted octanol–water partition coefficient (Wildman–Crippen LogP) is 3.88. The highest BCUT2D eigenvalue weighted by molar-refractivity contribution is 7.19. The number of hydrogen-bond acceptors (Lipinski definition) is 4. The smallest absolute Gasteiger partial charge is 0.191 e. The summed E-state index contributed by atoms with van der Waals surface area (Å²) in [4.78, 5) is 5.66. The zero-order chi connectivity index (χ0) is 20.8. The molecule has 3 N–H and O–H groups in total. The molecule has 0 radical (unpaired) electrons. The van der Waals surface area contributed by atoms with Gasteiger partial charge >= 0.3 is 0 Å². The lowest BCUT2D eigenvalue weighted by Gasteiger charge is -2.15. The van der Waals surface area contributed by atoms with Crippen molar-refractivity contribution in [2.24, 2.45) is 4.99 Å². The summed E-state index contributed by atoms with van der Waals surface area (Å²) in [6.45, 7) is 3.66. The van der Waals surface area contributed by atoms with Crippen LogP contribution in [0.5, 0.6) is 0 Å². The average molecular weight is 420 g/mol. The number of aliphatic imine (C=N–C) groups is 1. The van der Waals surface area contributed by atoms with Crippen molar-refractivity contribution < 1.29 is 5.11 Å². The van der Waals surface area contributed by atoms with E-state index in [0.29, 0.717) is 19.0 Å². The first-order valence-corrected chi connectivity index (χ1v) is 10.8. The van der Waals surface area contributed by atoms with Crippen LogP contribution in [-0.4, -0.2) is 33.9 Å². The van der Waals surface area contributed by atoms with Gasteiger partial charge in [-0.05, 0) is 42.1 Å². The van der Waals surface area contributed by atoms with Gasteiger partial charge in [0.25, 0.3) is 0 Å². The largest absolute Gasteiger partial charge is 0.386 e. The van der Waals surface area contributed by atoms with Crippen LogP contribution in [0.2, 0.25) is 0 Å². The highest BCUT2D eigenvalue weighted by Crippen LogP contribution is 2.29. The molecule has 1 unspecified atom stereocenters. The Hall–Kier alpha value is -3.16. The molecule has 7 heteroatoms. The zero-order valence-corrected chi connectivity index (χ0v) is 17.6. The topological polar surface area (TPSA) is 74.5 Å². The Morgan fingerprint density at radius 1 is 1.13 bits per heavy atom. The molecule has 4 aromatic rings. The minimum absolute atomic E-state index is 0.388. The summed E-state index contributed by atoms with van der Waals surface area (Å²) in [5, 5.41) is 22.6. The lowest BCUT2D eigenvalue weighted by atomic mass is 10.2. The molecule has 30 heavy (non-hydrogen) atoms. The number of rotatable bonds is 7. The minimum Gasteiger partial charge on any atom is -0.386 e. The van der Waals surface area contributed by atoms with Crippen LogP contribution in [0.25, 0.3) is 15.8 Å². The number of fused-ring (bicyclic) bond motifs is 1. The first kappa shape index (κ1) is 20.1. The SMILES string of the molecule is CCNC(=NCc1ccccc1-n1cccn1)NCC(O)c1cc2ccccc2s1. The molecule has 1 atom stereocenters. The van der Waals surface area contributed by atoms with Crippen LogP contribution in [0.1, 0.15) is 23.5 Å². The maximum atomic E-state index is 10.6. The van der Waals surface area contributed by atoms with E-state index < -0.39 is 6.10 Å². The third kappa shape index (κ3) is 4.69.